The van der Waals surface area contributed by atoms with E-state index in [1.807, 2.05) is 0 Å². The molecule has 3 heteroatoms. The minimum Gasteiger partial charge on any atom is -0.453 e. The van der Waals surface area contributed by atoms with Crippen molar-refractivity contribution in [2.24, 2.45) is 0 Å². The van der Waals surface area contributed by atoms with Crippen LogP contribution in [-0.4, -0.2) is 0 Å². The maximum Gasteiger partial charge on any atom is 0.159 e. The molecule has 0 saturated carbocycles. The van der Waals surface area contributed by atoms with Crippen LogP contribution in [0.4, 0.5) is 34.1 Å². The van der Waals surface area contributed by atoms with Gasteiger partial charge in [0.05, 0.1) is 11.4 Å². The summed E-state index contributed by atoms with van der Waals surface area (Å²) < 4.78 is 7.26. The Labute approximate surface area is 390 Å². The van der Waals surface area contributed by atoms with Crippen molar-refractivity contribution in [2.75, 3.05) is 9.80 Å². The lowest BCUT2D eigenvalue weighted by Gasteiger charge is -2.31. The van der Waals surface area contributed by atoms with E-state index in [0.717, 1.165) is 89.1 Å². The van der Waals surface area contributed by atoms with Gasteiger partial charge in [0.1, 0.15) is 5.58 Å². The molecule has 0 N–H and O–H groups in total. The number of hydrogen-bond donors (Lipinski definition) is 0. The molecule has 11 aromatic carbocycles. The highest BCUT2D eigenvalue weighted by Gasteiger charge is 2.26. The predicted molar refractivity (Wildman–Crippen MR) is 282 cm³/mol. The molecule has 316 valence electrons. The topological polar surface area (TPSA) is 19.6 Å². The van der Waals surface area contributed by atoms with Gasteiger partial charge in [0.15, 0.2) is 5.58 Å². The van der Waals surface area contributed by atoms with Crippen LogP contribution in [0.25, 0.3) is 77.2 Å². The van der Waals surface area contributed by atoms with Crippen molar-refractivity contribution < 1.29 is 4.42 Å². The molecule has 1 heterocycles. The summed E-state index contributed by atoms with van der Waals surface area (Å²) in [5.41, 5.74) is 17.1. The quantitative estimate of drug-likeness (QED) is 0.137. The Kier molecular flexibility index (Phi) is 10.2. The van der Waals surface area contributed by atoms with Gasteiger partial charge < -0.3 is 14.2 Å². The Morgan fingerprint density at radius 2 is 0.701 bits per heavy atom. The second kappa shape index (κ2) is 17.2. The molecule has 0 radical (unpaired) electrons. The number of hydrogen-bond acceptors (Lipinski definition) is 3. The van der Waals surface area contributed by atoms with Crippen LogP contribution in [-0.2, 0) is 0 Å². The summed E-state index contributed by atoms with van der Waals surface area (Å²) in [7, 11) is 0. The second-order valence-corrected chi connectivity index (χ2v) is 16.9. The Bertz CT molecular complexity index is 3660. The van der Waals surface area contributed by atoms with Crippen LogP contribution in [0.3, 0.4) is 0 Å². The van der Waals surface area contributed by atoms with Crippen LogP contribution in [0.1, 0.15) is 0 Å². The molecule has 0 unspecified atom stereocenters. The summed E-state index contributed by atoms with van der Waals surface area (Å²) in [5, 5.41) is 4.32. The number of rotatable bonds is 10. The summed E-state index contributed by atoms with van der Waals surface area (Å²) in [6.45, 7) is 0. The lowest BCUT2D eigenvalue weighted by Crippen LogP contribution is -2.14. The van der Waals surface area contributed by atoms with Crippen LogP contribution in [0.15, 0.2) is 271 Å². The lowest BCUT2D eigenvalue weighted by atomic mass is 9.94. The van der Waals surface area contributed by atoms with E-state index < -0.39 is 0 Å². The van der Waals surface area contributed by atoms with Crippen LogP contribution in [0.5, 0.6) is 0 Å². The first-order valence-electron chi connectivity index (χ1n) is 22.8. The molecule has 1 aromatic heterocycles. The Morgan fingerprint density at radius 3 is 1.36 bits per heavy atom. The third-order valence-corrected chi connectivity index (χ3v) is 12.9. The fourth-order valence-corrected chi connectivity index (χ4v) is 9.66. The number of furan rings is 1. The third kappa shape index (κ3) is 7.39. The minimum atomic E-state index is 0.811. The summed E-state index contributed by atoms with van der Waals surface area (Å²) in [6.07, 6.45) is 0. The van der Waals surface area contributed by atoms with Crippen molar-refractivity contribution in [3.8, 4) is 44.5 Å². The Morgan fingerprint density at radius 1 is 0.239 bits per heavy atom. The van der Waals surface area contributed by atoms with E-state index in [1.165, 1.54) is 22.3 Å². The van der Waals surface area contributed by atoms with E-state index in [2.05, 4.69) is 277 Å². The number of nitrogens with zero attached hydrogens (tertiary/aromatic N) is 2. The van der Waals surface area contributed by atoms with E-state index in [1.54, 1.807) is 0 Å². The first kappa shape index (κ1) is 39.7. The molecular formula is C64H44N2O. The molecule has 0 aliphatic heterocycles. The van der Waals surface area contributed by atoms with Crippen molar-refractivity contribution in [1.29, 1.82) is 0 Å². The van der Waals surface area contributed by atoms with Gasteiger partial charge in [-0.2, -0.15) is 0 Å². The van der Waals surface area contributed by atoms with Gasteiger partial charge in [-0.3, -0.25) is 0 Å². The molecule has 0 aliphatic rings. The molecule has 0 bridgehead atoms. The summed E-state index contributed by atoms with van der Waals surface area (Å²) in [4.78, 5) is 4.76. The average Bonchev–Trinajstić information content (AvgIpc) is 3.80. The lowest BCUT2D eigenvalue weighted by molar-refractivity contribution is 0.673. The van der Waals surface area contributed by atoms with Crippen LogP contribution in [0, 0.1) is 0 Å². The van der Waals surface area contributed by atoms with Crippen LogP contribution in [0.2, 0.25) is 0 Å². The zero-order valence-electron chi connectivity index (χ0n) is 36.7. The van der Waals surface area contributed by atoms with E-state index >= 15 is 0 Å². The summed E-state index contributed by atoms with van der Waals surface area (Å²) in [5.74, 6) is 0. The highest BCUT2D eigenvalue weighted by molar-refractivity contribution is 6.19. The van der Waals surface area contributed by atoms with Crippen molar-refractivity contribution in [2.45, 2.75) is 0 Å². The molecule has 67 heavy (non-hydrogen) atoms. The standard InChI is InChI=1S/C64H44N2O/c1-5-19-45(20-6-1)46-33-38-53(39-34-46)66(61-32-18-17-30-57(61)48-23-9-3-10-24-48)62-44-54(43-60-59-42-37-49-25-13-14-31-58(49)63(59)67-64(60)62)65(51-26-11-4-12-27-51)52-40-35-50(36-41-52)56-29-16-15-28-55(56)47-21-7-2-8-22-47/h1-44H. The highest BCUT2D eigenvalue weighted by Crippen LogP contribution is 2.50. The van der Waals surface area contributed by atoms with Gasteiger partial charge in [-0.05, 0) is 105 Å². The molecule has 12 aromatic rings. The zero-order chi connectivity index (χ0) is 44.5. The number of fused-ring (bicyclic) bond motifs is 5. The van der Waals surface area contributed by atoms with Crippen LogP contribution < -0.4 is 9.80 Å². The molecule has 12 rings (SSSR count). The molecular weight excluding hydrogens is 813 g/mol. The first-order chi connectivity index (χ1) is 33.2. The largest absolute Gasteiger partial charge is 0.453 e. The molecule has 0 saturated heterocycles. The van der Waals surface area contributed by atoms with E-state index in [0.29, 0.717) is 0 Å². The van der Waals surface area contributed by atoms with Gasteiger partial charge in [0.25, 0.3) is 0 Å². The van der Waals surface area contributed by atoms with E-state index in [9.17, 15) is 0 Å². The van der Waals surface area contributed by atoms with E-state index in [-0.39, 0.29) is 0 Å². The van der Waals surface area contributed by atoms with Crippen LogP contribution >= 0.6 is 0 Å². The fraction of sp³-hybridized carbons (Fsp3) is 0. The zero-order valence-corrected chi connectivity index (χ0v) is 36.7. The molecule has 0 aliphatic carbocycles. The number of anilines is 6. The van der Waals surface area contributed by atoms with Gasteiger partial charge in [-0.15, -0.1) is 0 Å². The highest BCUT2D eigenvalue weighted by atomic mass is 16.3. The van der Waals surface area contributed by atoms with Crippen molar-refractivity contribution in [3.05, 3.63) is 267 Å². The van der Waals surface area contributed by atoms with Gasteiger partial charge in [-0.25, -0.2) is 0 Å². The average molecular weight is 857 g/mol. The SMILES string of the molecule is c1ccc(-c2ccc(N(c3ccccc3-c3ccccc3)c3cc(N(c4ccccc4)c4ccc(-c5ccccc5-c5ccccc5)cc4)cc4c3oc3c5ccccc5ccc43)cc2)cc1. The van der Waals surface area contributed by atoms with E-state index in [4.69, 9.17) is 4.42 Å². The Balaban J connectivity index is 1.11. The van der Waals surface area contributed by atoms with Crippen molar-refractivity contribution >= 4 is 66.8 Å². The molecule has 0 atom stereocenters. The fourth-order valence-electron chi connectivity index (χ4n) is 9.66. The minimum absolute atomic E-state index is 0.811. The monoisotopic (exact) mass is 856 g/mol. The van der Waals surface area contributed by atoms with Crippen molar-refractivity contribution in [1.82, 2.24) is 0 Å². The molecule has 0 fully saturated rings. The van der Waals surface area contributed by atoms with Gasteiger partial charge in [-0.1, -0.05) is 206 Å². The first-order valence-corrected chi connectivity index (χ1v) is 22.8. The normalized spacial score (nSPS) is 11.3. The number of benzene rings is 11. The smallest absolute Gasteiger partial charge is 0.159 e. The Hall–Kier alpha value is -8.92. The van der Waals surface area contributed by atoms with Gasteiger partial charge in [0.2, 0.25) is 0 Å². The maximum absolute atomic E-state index is 7.26. The van der Waals surface area contributed by atoms with Crippen molar-refractivity contribution in [3.63, 3.8) is 0 Å². The molecule has 0 spiro atoms. The van der Waals surface area contributed by atoms with Gasteiger partial charge in [0, 0.05) is 44.5 Å². The summed E-state index contributed by atoms with van der Waals surface area (Å²) in [6, 6.07) is 95.4. The molecule has 3 nitrogen and oxygen atoms in total. The third-order valence-electron chi connectivity index (χ3n) is 12.9. The number of para-hydroxylation sites is 2. The summed E-state index contributed by atoms with van der Waals surface area (Å²) >= 11 is 0. The maximum atomic E-state index is 7.26. The predicted octanol–water partition coefficient (Wildman–Crippen LogP) is 18.3. The molecule has 0 amide bonds. The van der Waals surface area contributed by atoms with Gasteiger partial charge >= 0.3 is 0 Å². The second-order valence-electron chi connectivity index (χ2n) is 16.9.